The van der Waals surface area contributed by atoms with E-state index >= 15 is 0 Å². The van der Waals surface area contributed by atoms with Crippen LogP contribution in [-0.2, 0) is 6.54 Å². The van der Waals surface area contributed by atoms with Crippen LogP contribution in [-0.4, -0.2) is 24.1 Å². The van der Waals surface area contributed by atoms with E-state index in [2.05, 4.69) is 39.0 Å². The number of rotatable bonds is 3. The second-order valence-corrected chi connectivity index (χ2v) is 6.91. The number of fused-ring (bicyclic) bond motifs is 2. The van der Waals surface area contributed by atoms with E-state index in [4.69, 9.17) is 16.6 Å². The highest BCUT2D eigenvalue weighted by Gasteiger charge is 2.23. The molecule has 0 saturated heterocycles. The van der Waals surface area contributed by atoms with Gasteiger partial charge in [-0.3, -0.25) is 4.68 Å². The van der Waals surface area contributed by atoms with Crippen LogP contribution in [0.25, 0.3) is 16.6 Å². The standard InChI is InChI=1S/C18H16ClN5/c1-11-6-16-15(18(19)20-11)10-24(22-16)9-14-8-23-7-13(12-2-3-12)4-5-17(23)21-14/h4-8,10,12H,2-3,9H2,1H3. The molecule has 120 valence electrons. The lowest BCUT2D eigenvalue weighted by molar-refractivity contribution is 0.684. The quantitative estimate of drug-likeness (QED) is 0.531. The molecule has 0 aliphatic heterocycles. The molecule has 24 heavy (non-hydrogen) atoms. The first kappa shape index (κ1) is 14.0. The van der Waals surface area contributed by atoms with Gasteiger partial charge in [0, 0.05) is 24.3 Å². The number of aryl methyl sites for hydroxylation is 1. The van der Waals surface area contributed by atoms with E-state index in [1.165, 1.54) is 18.4 Å². The minimum atomic E-state index is 0.500. The van der Waals surface area contributed by atoms with Crippen molar-refractivity contribution in [3.05, 3.63) is 58.9 Å². The Hall–Kier alpha value is -2.40. The minimum Gasteiger partial charge on any atom is -0.306 e. The predicted octanol–water partition coefficient (Wildman–Crippen LogP) is 3.97. The molecule has 5 nitrogen and oxygen atoms in total. The molecule has 0 amide bonds. The number of pyridine rings is 2. The molecule has 0 unspecified atom stereocenters. The molecule has 0 bridgehead atoms. The number of aromatic nitrogens is 5. The maximum Gasteiger partial charge on any atom is 0.140 e. The van der Waals surface area contributed by atoms with Crippen LogP contribution in [0.1, 0.15) is 35.7 Å². The molecular formula is C18H16ClN5. The average molecular weight is 338 g/mol. The van der Waals surface area contributed by atoms with Gasteiger partial charge in [-0.25, -0.2) is 9.97 Å². The van der Waals surface area contributed by atoms with Gasteiger partial charge in [-0.2, -0.15) is 5.10 Å². The van der Waals surface area contributed by atoms with Crippen LogP contribution in [0, 0.1) is 6.92 Å². The topological polar surface area (TPSA) is 48.0 Å². The van der Waals surface area contributed by atoms with E-state index in [1.54, 1.807) is 0 Å². The Morgan fingerprint density at radius 2 is 2.04 bits per heavy atom. The molecule has 1 fully saturated rings. The van der Waals surface area contributed by atoms with Gasteiger partial charge in [-0.05, 0) is 43.4 Å². The first-order valence-electron chi connectivity index (χ1n) is 8.13. The fourth-order valence-electron chi connectivity index (χ4n) is 3.19. The number of nitrogens with zero attached hydrogens (tertiary/aromatic N) is 5. The molecule has 0 spiro atoms. The number of halogens is 1. The summed E-state index contributed by atoms with van der Waals surface area (Å²) in [5.74, 6) is 0.745. The zero-order valence-electron chi connectivity index (χ0n) is 13.3. The van der Waals surface area contributed by atoms with Crippen LogP contribution < -0.4 is 0 Å². The van der Waals surface area contributed by atoms with E-state index in [9.17, 15) is 0 Å². The molecule has 1 aliphatic rings. The maximum atomic E-state index is 6.21. The lowest BCUT2D eigenvalue weighted by atomic mass is 10.2. The van der Waals surface area contributed by atoms with Crippen molar-refractivity contribution in [3.63, 3.8) is 0 Å². The van der Waals surface area contributed by atoms with Gasteiger partial charge in [-0.1, -0.05) is 17.7 Å². The molecule has 6 heteroatoms. The van der Waals surface area contributed by atoms with E-state index in [1.807, 2.05) is 23.9 Å². The number of imidazole rings is 1. The van der Waals surface area contributed by atoms with Crippen LogP contribution in [0.4, 0.5) is 0 Å². The van der Waals surface area contributed by atoms with E-state index in [-0.39, 0.29) is 0 Å². The fraction of sp³-hybridized carbons (Fsp3) is 0.278. The second-order valence-electron chi connectivity index (χ2n) is 6.55. The average Bonchev–Trinajstić information content (AvgIpc) is 3.19. The molecule has 0 radical (unpaired) electrons. The Kier molecular flexibility index (Phi) is 2.94. The summed E-state index contributed by atoms with van der Waals surface area (Å²) in [6, 6.07) is 6.24. The van der Waals surface area contributed by atoms with E-state index < -0.39 is 0 Å². The number of hydrogen-bond acceptors (Lipinski definition) is 3. The third kappa shape index (κ3) is 2.36. The highest BCUT2D eigenvalue weighted by Crippen LogP contribution is 2.39. The van der Waals surface area contributed by atoms with Crippen molar-refractivity contribution in [1.82, 2.24) is 24.1 Å². The van der Waals surface area contributed by atoms with Crippen molar-refractivity contribution in [2.75, 3.05) is 0 Å². The highest BCUT2D eigenvalue weighted by molar-refractivity contribution is 6.34. The van der Waals surface area contributed by atoms with Crippen molar-refractivity contribution in [2.24, 2.45) is 0 Å². The van der Waals surface area contributed by atoms with Gasteiger partial charge in [0.05, 0.1) is 23.1 Å². The van der Waals surface area contributed by atoms with Crippen LogP contribution in [0.15, 0.2) is 36.8 Å². The third-order valence-corrected chi connectivity index (χ3v) is 4.82. The summed E-state index contributed by atoms with van der Waals surface area (Å²) < 4.78 is 3.99. The van der Waals surface area contributed by atoms with Crippen molar-refractivity contribution >= 4 is 28.2 Å². The van der Waals surface area contributed by atoms with Crippen molar-refractivity contribution < 1.29 is 0 Å². The molecule has 1 saturated carbocycles. The Balaban J connectivity index is 1.50. The van der Waals surface area contributed by atoms with Gasteiger partial charge < -0.3 is 4.40 Å². The molecule has 5 rings (SSSR count). The van der Waals surface area contributed by atoms with Gasteiger partial charge in [0.15, 0.2) is 0 Å². The lowest BCUT2D eigenvalue weighted by Crippen LogP contribution is -1.99. The summed E-state index contributed by atoms with van der Waals surface area (Å²) in [7, 11) is 0. The highest BCUT2D eigenvalue weighted by atomic mass is 35.5. The normalized spacial score (nSPS) is 14.8. The first-order valence-corrected chi connectivity index (χ1v) is 8.51. The lowest BCUT2D eigenvalue weighted by Gasteiger charge is -1.98. The summed E-state index contributed by atoms with van der Waals surface area (Å²) in [4.78, 5) is 8.97. The van der Waals surface area contributed by atoms with Crippen molar-refractivity contribution in [3.8, 4) is 0 Å². The monoisotopic (exact) mass is 337 g/mol. The first-order chi connectivity index (χ1) is 11.7. The summed E-state index contributed by atoms with van der Waals surface area (Å²) in [6.07, 6.45) is 8.83. The summed E-state index contributed by atoms with van der Waals surface area (Å²) in [5.41, 5.74) is 5.10. The Morgan fingerprint density at radius 3 is 2.88 bits per heavy atom. The zero-order chi connectivity index (χ0) is 16.3. The van der Waals surface area contributed by atoms with Gasteiger partial charge in [0.25, 0.3) is 0 Å². The fourth-order valence-corrected chi connectivity index (χ4v) is 3.47. The van der Waals surface area contributed by atoms with Crippen LogP contribution >= 0.6 is 11.6 Å². The van der Waals surface area contributed by atoms with Gasteiger partial charge in [0.2, 0.25) is 0 Å². The molecule has 0 aromatic carbocycles. The van der Waals surface area contributed by atoms with Gasteiger partial charge >= 0.3 is 0 Å². The summed E-state index contributed by atoms with van der Waals surface area (Å²) in [5, 5.41) is 5.98. The second kappa shape index (κ2) is 5.05. The molecule has 4 aromatic heterocycles. The molecular weight excluding hydrogens is 322 g/mol. The zero-order valence-corrected chi connectivity index (χ0v) is 14.0. The maximum absolute atomic E-state index is 6.21. The van der Waals surface area contributed by atoms with Crippen molar-refractivity contribution in [2.45, 2.75) is 32.2 Å². The van der Waals surface area contributed by atoms with E-state index in [0.29, 0.717) is 11.7 Å². The van der Waals surface area contributed by atoms with Crippen molar-refractivity contribution in [1.29, 1.82) is 0 Å². The predicted molar refractivity (Wildman–Crippen MR) is 93.5 cm³/mol. The molecule has 4 aromatic rings. The van der Waals surface area contributed by atoms with E-state index in [0.717, 1.165) is 33.9 Å². The Labute approximate surface area is 143 Å². The molecule has 4 heterocycles. The molecule has 1 aliphatic carbocycles. The van der Waals surface area contributed by atoms with Gasteiger partial charge in [-0.15, -0.1) is 0 Å². The summed E-state index contributed by atoms with van der Waals surface area (Å²) in [6.45, 7) is 2.54. The Bertz CT molecular complexity index is 1070. The minimum absolute atomic E-state index is 0.500. The molecule has 0 atom stereocenters. The summed E-state index contributed by atoms with van der Waals surface area (Å²) >= 11 is 6.21. The third-order valence-electron chi connectivity index (χ3n) is 4.53. The number of hydrogen-bond donors (Lipinski definition) is 0. The van der Waals surface area contributed by atoms with Crippen LogP contribution in [0.2, 0.25) is 5.15 Å². The van der Waals surface area contributed by atoms with Crippen LogP contribution in [0.5, 0.6) is 0 Å². The SMILES string of the molecule is Cc1cc2nn(Cc3cn4cc(C5CC5)ccc4n3)cc2c(Cl)n1. The molecule has 0 N–H and O–H groups in total. The Morgan fingerprint density at radius 1 is 1.17 bits per heavy atom. The van der Waals surface area contributed by atoms with Gasteiger partial charge in [0.1, 0.15) is 10.8 Å². The largest absolute Gasteiger partial charge is 0.306 e. The van der Waals surface area contributed by atoms with Crippen LogP contribution in [0.3, 0.4) is 0 Å². The smallest absolute Gasteiger partial charge is 0.140 e.